The van der Waals surface area contributed by atoms with Gasteiger partial charge >= 0.3 is 0 Å². The SMILES string of the molecule is O[C@@H]1CN(CCc2ccccc2)CC=C1c1ccc(OCc2ccccc2)cc1. The molecule has 0 spiro atoms. The number of benzene rings is 3. The van der Waals surface area contributed by atoms with Crippen LogP contribution in [0.2, 0.25) is 0 Å². The number of ether oxygens (including phenoxy) is 1. The van der Waals surface area contributed by atoms with E-state index in [1.54, 1.807) is 0 Å². The highest BCUT2D eigenvalue weighted by Crippen LogP contribution is 2.25. The number of nitrogens with zero attached hydrogens (tertiary/aromatic N) is 1. The molecule has 0 bridgehead atoms. The molecule has 0 amide bonds. The highest BCUT2D eigenvalue weighted by atomic mass is 16.5. The molecule has 1 N–H and O–H groups in total. The fourth-order valence-corrected chi connectivity index (χ4v) is 3.69. The van der Waals surface area contributed by atoms with Crippen LogP contribution in [0, 0.1) is 0 Å². The molecule has 1 atom stereocenters. The molecule has 1 aliphatic heterocycles. The largest absolute Gasteiger partial charge is 0.489 e. The fraction of sp³-hybridized carbons (Fsp3) is 0.231. The monoisotopic (exact) mass is 385 g/mol. The Labute approximate surface area is 172 Å². The number of hydrogen-bond donors (Lipinski definition) is 1. The minimum Gasteiger partial charge on any atom is -0.489 e. The number of rotatable bonds is 7. The molecule has 3 aromatic carbocycles. The lowest BCUT2D eigenvalue weighted by atomic mass is 9.96. The molecular weight excluding hydrogens is 358 g/mol. The molecule has 148 valence electrons. The van der Waals surface area contributed by atoms with Crippen LogP contribution >= 0.6 is 0 Å². The highest BCUT2D eigenvalue weighted by molar-refractivity contribution is 5.70. The molecule has 1 aliphatic rings. The van der Waals surface area contributed by atoms with Crippen LogP contribution in [0.4, 0.5) is 0 Å². The van der Waals surface area contributed by atoms with Gasteiger partial charge in [-0.2, -0.15) is 0 Å². The lowest BCUT2D eigenvalue weighted by Gasteiger charge is -2.30. The molecular formula is C26H27NO2. The Kier molecular flexibility index (Phi) is 6.40. The Morgan fingerprint density at radius 1 is 0.828 bits per heavy atom. The molecule has 0 aromatic heterocycles. The summed E-state index contributed by atoms with van der Waals surface area (Å²) < 4.78 is 5.86. The highest BCUT2D eigenvalue weighted by Gasteiger charge is 2.21. The van der Waals surface area contributed by atoms with Gasteiger partial charge < -0.3 is 9.84 Å². The summed E-state index contributed by atoms with van der Waals surface area (Å²) in [6, 6.07) is 28.7. The number of aliphatic hydroxyl groups excluding tert-OH is 1. The average molecular weight is 386 g/mol. The van der Waals surface area contributed by atoms with Crippen LogP contribution in [0.25, 0.3) is 5.57 Å². The Morgan fingerprint density at radius 3 is 2.14 bits per heavy atom. The van der Waals surface area contributed by atoms with Crippen LogP contribution in [-0.4, -0.2) is 35.7 Å². The van der Waals surface area contributed by atoms with Crippen molar-refractivity contribution in [2.75, 3.05) is 19.6 Å². The molecule has 0 fully saturated rings. The Morgan fingerprint density at radius 2 is 1.48 bits per heavy atom. The van der Waals surface area contributed by atoms with Crippen molar-refractivity contribution in [3.05, 3.63) is 108 Å². The van der Waals surface area contributed by atoms with Crippen molar-refractivity contribution in [2.24, 2.45) is 0 Å². The van der Waals surface area contributed by atoms with Crippen LogP contribution < -0.4 is 4.74 Å². The second kappa shape index (κ2) is 9.55. The van der Waals surface area contributed by atoms with E-state index in [1.165, 1.54) is 5.56 Å². The first kappa shape index (κ1) is 19.4. The van der Waals surface area contributed by atoms with Gasteiger partial charge in [0, 0.05) is 19.6 Å². The molecule has 29 heavy (non-hydrogen) atoms. The van der Waals surface area contributed by atoms with Crippen LogP contribution in [0.5, 0.6) is 5.75 Å². The van der Waals surface area contributed by atoms with E-state index in [-0.39, 0.29) is 0 Å². The van der Waals surface area contributed by atoms with Gasteiger partial charge in [-0.25, -0.2) is 0 Å². The minimum atomic E-state index is -0.462. The van der Waals surface area contributed by atoms with E-state index in [1.807, 2.05) is 48.5 Å². The van der Waals surface area contributed by atoms with Crippen molar-refractivity contribution in [3.8, 4) is 5.75 Å². The molecule has 4 rings (SSSR count). The first-order valence-corrected chi connectivity index (χ1v) is 10.2. The van der Waals surface area contributed by atoms with Crippen molar-refractivity contribution >= 4 is 5.57 Å². The van der Waals surface area contributed by atoms with Crippen molar-refractivity contribution in [3.63, 3.8) is 0 Å². The third kappa shape index (κ3) is 5.35. The molecule has 3 nitrogen and oxygen atoms in total. The topological polar surface area (TPSA) is 32.7 Å². The van der Waals surface area contributed by atoms with E-state index in [2.05, 4.69) is 47.4 Å². The first-order chi connectivity index (χ1) is 14.3. The van der Waals surface area contributed by atoms with Gasteiger partial charge in [-0.15, -0.1) is 0 Å². The molecule has 0 saturated heterocycles. The lowest BCUT2D eigenvalue weighted by Crippen LogP contribution is -2.38. The predicted octanol–water partition coefficient (Wildman–Crippen LogP) is 4.57. The van der Waals surface area contributed by atoms with Crippen molar-refractivity contribution in [2.45, 2.75) is 19.1 Å². The zero-order valence-electron chi connectivity index (χ0n) is 16.6. The van der Waals surface area contributed by atoms with E-state index in [0.717, 1.165) is 42.0 Å². The number of aliphatic hydroxyl groups is 1. The zero-order chi connectivity index (χ0) is 19.9. The van der Waals surface area contributed by atoms with Crippen LogP contribution in [0.15, 0.2) is 91.0 Å². The average Bonchev–Trinajstić information content (AvgIpc) is 2.78. The van der Waals surface area contributed by atoms with Gasteiger partial charge in [0.1, 0.15) is 12.4 Å². The lowest BCUT2D eigenvalue weighted by molar-refractivity contribution is 0.153. The summed E-state index contributed by atoms with van der Waals surface area (Å²) in [6.45, 7) is 3.05. The normalized spacial score (nSPS) is 17.0. The number of hydrogen-bond acceptors (Lipinski definition) is 3. The van der Waals surface area contributed by atoms with E-state index in [0.29, 0.717) is 13.2 Å². The summed E-state index contributed by atoms with van der Waals surface area (Å²) in [7, 11) is 0. The third-order valence-corrected chi connectivity index (χ3v) is 5.36. The number of β-amino-alcohol motifs (C(OH)–C–C–N with tert-alkyl or cyclic N) is 1. The van der Waals surface area contributed by atoms with Crippen molar-refractivity contribution in [1.82, 2.24) is 4.90 Å². The first-order valence-electron chi connectivity index (χ1n) is 10.2. The van der Waals surface area contributed by atoms with E-state index in [4.69, 9.17) is 4.74 Å². The van der Waals surface area contributed by atoms with Gasteiger partial charge in [0.25, 0.3) is 0 Å². The Hall–Kier alpha value is -2.88. The third-order valence-electron chi connectivity index (χ3n) is 5.36. The summed E-state index contributed by atoms with van der Waals surface area (Å²) in [5.74, 6) is 0.841. The van der Waals surface area contributed by atoms with Gasteiger partial charge in [0.15, 0.2) is 0 Å². The van der Waals surface area contributed by atoms with Gasteiger partial charge in [-0.3, -0.25) is 4.90 Å². The molecule has 1 heterocycles. The summed E-state index contributed by atoms with van der Waals surface area (Å²) >= 11 is 0. The summed E-state index contributed by atoms with van der Waals surface area (Å²) in [6.07, 6.45) is 2.69. The fourth-order valence-electron chi connectivity index (χ4n) is 3.69. The van der Waals surface area contributed by atoms with E-state index in [9.17, 15) is 5.11 Å². The zero-order valence-corrected chi connectivity index (χ0v) is 16.6. The molecule has 0 saturated carbocycles. The quantitative estimate of drug-likeness (QED) is 0.647. The van der Waals surface area contributed by atoms with Crippen LogP contribution in [0.1, 0.15) is 16.7 Å². The molecule has 3 aromatic rings. The predicted molar refractivity (Wildman–Crippen MR) is 118 cm³/mol. The van der Waals surface area contributed by atoms with Gasteiger partial charge in [0.05, 0.1) is 6.10 Å². The molecule has 0 aliphatic carbocycles. The Balaban J connectivity index is 1.32. The smallest absolute Gasteiger partial charge is 0.119 e. The molecule has 3 heteroatoms. The second-order valence-electron chi connectivity index (χ2n) is 7.47. The van der Waals surface area contributed by atoms with Crippen LogP contribution in [-0.2, 0) is 13.0 Å². The minimum absolute atomic E-state index is 0.462. The summed E-state index contributed by atoms with van der Waals surface area (Å²) in [5.41, 5.74) is 4.56. The van der Waals surface area contributed by atoms with Crippen LogP contribution in [0.3, 0.4) is 0 Å². The maximum Gasteiger partial charge on any atom is 0.119 e. The maximum atomic E-state index is 10.7. The summed E-state index contributed by atoms with van der Waals surface area (Å²) in [4.78, 5) is 2.30. The van der Waals surface area contributed by atoms with Gasteiger partial charge in [-0.05, 0) is 40.8 Å². The molecule has 0 unspecified atom stereocenters. The van der Waals surface area contributed by atoms with Crippen molar-refractivity contribution < 1.29 is 9.84 Å². The van der Waals surface area contributed by atoms with E-state index >= 15 is 0 Å². The van der Waals surface area contributed by atoms with Gasteiger partial charge in [0.2, 0.25) is 0 Å². The maximum absolute atomic E-state index is 10.7. The summed E-state index contributed by atoms with van der Waals surface area (Å²) in [5, 5.41) is 10.7. The standard InChI is InChI=1S/C26H27NO2/c28-26-19-27(17-15-21-7-3-1-4-8-21)18-16-25(26)23-11-13-24(14-12-23)29-20-22-9-5-2-6-10-22/h1-14,16,26,28H,15,17-20H2/t26-/m1/s1. The van der Waals surface area contributed by atoms with E-state index < -0.39 is 6.10 Å². The second-order valence-corrected chi connectivity index (χ2v) is 7.47. The molecule has 0 radical (unpaired) electrons. The Bertz CT molecular complexity index is 920. The van der Waals surface area contributed by atoms with Gasteiger partial charge in [-0.1, -0.05) is 78.9 Å². The van der Waals surface area contributed by atoms with Crippen molar-refractivity contribution in [1.29, 1.82) is 0 Å².